The third-order valence-electron chi connectivity index (χ3n) is 6.15. The minimum atomic E-state index is -1.03. The monoisotopic (exact) mass is 406 g/mol. The number of nitrogens with one attached hydrogen (secondary N) is 1. The van der Waals surface area contributed by atoms with Gasteiger partial charge in [0, 0.05) is 25.3 Å². The van der Waals surface area contributed by atoms with Crippen LogP contribution < -0.4 is 11.1 Å². The number of methoxy groups -OCH3 is 2. The largest absolute Gasteiger partial charge is 0.468 e. The van der Waals surface area contributed by atoms with E-state index in [-0.39, 0.29) is 48.0 Å². The number of piperazine rings is 1. The molecular weight excluding hydrogens is 384 g/mol. The van der Waals surface area contributed by atoms with Gasteiger partial charge in [0.2, 0.25) is 5.78 Å². The number of aliphatic imine (C=N–C) groups is 1. The van der Waals surface area contributed by atoms with Crippen molar-refractivity contribution in [2.24, 2.45) is 22.6 Å². The van der Waals surface area contributed by atoms with Crippen LogP contribution in [0.1, 0.15) is 6.92 Å². The number of ether oxygens (including phenoxy) is 3. The molecule has 11 nitrogen and oxygen atoms in total. The molecular formula is C18H22N4O7. The summed E-state index contributed by atoms with van der Waals surface area (Å²) in [5.74, 6) is -2.91. The number of nitrogens with two attached hydrogens (primary N) is 1. The Morgan fingerprint density at radius 3 is 2.69 bits per heavy atom. The number of ketones is 2. The third kappa shape index (κ3) is 2.60. The number of fused-ring (bicyclic) bond motifs is 4. The molecule has 2 saturated heterocycles. The third-order valence-corrected chi connectivity index (χ3v) is 6.15. The minimum absolute atomic E-state index is 0.0176. The van der Waals surface area contributed by atoms with Crippen LogP contribution in [0.4, 0.5) is 4.79 Å². The summed E-state index contributed by atoms with van der Waals surface area (Å²) in [6, 6.07) is -0.00128. The number of allylic oxidation sites excluding steroid dienone is 1. The van der Waals surface area contributed by atoms with Gasteiger partial charge in [-0.2, -0.15) is 0 Å². The lowest BCUT2D eigenvalue weighted by Gasteiger charge is -2.39. The Morgan fingerprint density at radius 1 is 1.34 bits per heavy atom. The van der Waals surface area contributed by atoms with Crippen molar-refractivity contribution in [2.75, 3.05) is 33.9 Å². The highest BCUT2D eigenvalue weighted by atomic mass is 16.6. The first-order chi connectivity index (χ1) is 13.8. The molecule has 0 aromatic heterocycles. The van der Waals surface area contributed by atoms with Gasteiger partial charge in [0.25, 0.3) is 0 Å². The number of carbonyl (C=O) groups excluding carboxylic acids is 4. The number of nitrogens with zero attached hydrogens (tertiary/aromatic N) is 2. The van der Waals surface area contributed by atoms with E-state index in [9.17, 15) is 19.2 Å². The van der Waals surface area contributed by atoms with Crippen LogP contribution in [-0.4, -0.2) is 86.0 Å². The highest BCUT2D eigenvalue weighted by molar-refractivity contribution is 6.53. The fourth-order valence-electron chi connectivity index (χ4n) is 4.80. The summed E-state index contributed by atoms with van der Waals surface area (Å²) in [7, 11) is 2.71. The van der Waals surface area contributed by atoms with Crippen LogP contribution in [0.2, 0.25) is 0 Å². The molecule has 2 fully saturated rings. The van der Waals surface area contributed by atoms with Crippen molar-refractivity contribution in [2.45, 2.75) is 24.7 Å². The molecule has 0 aromatic carbocycles. The fraction of sp³-hybridized carbons (Fsp3) is 0.611. The molecule has 3 heterocycles. The van der Waals surface area contributed by atoms with Gasteiger partial charge in [-0.1, -0.05) is 0 Å². The first kappa shape index (κ1) is 19.5. The van der Waals surface area contributed by atoms with Crippen LogP contribution in [-0.2, 0) is 28.6 Å². The summed E-state index contributed by atoms with van der Waals surface area (Å²) < 4.78 is 15.5. The molecule has 0 aromatic rings. The van der Waals surface area contributed by atoms with Crippen LogP contribution in [0.3, 0.4) is 0 Å². The average molecular weight is 406 g/mol. The highest BCUT2D eigenvalue weighted by Gasteiger charge is 2.73. The van der Waals surface area contributed by atoms with Gasteiger partial charge in [-0.15, -0.1) is 0 Å². The number of hydrogen-bond acceptors (Lipinski definition) is 10. The van der Waals surface area contributed by atoms with Gasteiger partial charge in [-0.05, 0) is 6.92 Å². The molecule has 11 heteroatoms. The lowest BCUT2D eigenvalue weighted by atomic mass is 9.78. The van der Waals surface area contributed by atoms with Gasteiger partial charge in [-0.3, -0.25) is 19.4 Å². The molecule has 29 heavy (non-hydrogen) atoms. The van der Waals surface area contributed by atoms with Crippen molar-refractivity contribution in [3.8, 4) is 0 Å². The van der Waals surface area contributed by atoms with Gasteiger partial charge >= 0.3 is 12.1 Å². The molecule has 1 amide bonds. The molecule has 4 rings (SSSR count). The summed E-state index contributed by atoms with van der Waals surface area (Å²) >= 11 is 0. The molecule has 3 aliphatic heterocycles. The maximum atomic E-state index is 13.4. The van der Waals surface area contributed by atoms with Crippen LogP contribution in [0.25, 0.3) is 0 Å². The Balaban J connectivity index is 1.79. The molecule has 1 aliphatic carbocycles. The Bertz CT molecular complexity index is 881. The van der Waals surface area contributed by atoms with Crippen LogP contribution in [0, 0.1) is 11.8 Å². The summed E-state index contributed by atoms with van der Waals surface area (Å²) in [6.45, 7) is 1.48. The van der Waals surface area contributed by atoms with E-state index < -0.39 is 35.4 Å². The minimum Gasteiger partial charge on any atom is -0.468 e. The van der Waals surface area contributed by atoms with E-state index in [1.54, 1.807) is 11.8 Å². The van der Waals surface area contributed by atoms with Crippen molar-refractivity contribution in [1.29, 1.82) is 0 Å². The number of hydrogen-bond donors (Lipinski definition) is 2. The predicted molar refractivity (Wildman–Crippen MR) is 96.7 cm³/mol. The van der Waals surface area contributed by atoms with E-state index in [1.165, 1.54) is 14.2 Å². The van der Waals surface area contributed by atoms with Crippen LogP contribution in [0.15, 0.2) is 16.3 Å². The van der Waals surface area contributed by atoms with Gasteiger partial charge in [0.1, 0.15) is 13.2 Å². The highest BCUT2D eigenvalue weighted by Crippen LogP contribution is 2.55. The molecule has 0 saturated carbocycles. The van der Waals surface area contributed by atoms with Crippen molar-refractivity contribution < 1.29 is 33.4 Å². The zero-order chi connectivity index (χ0) is 21.1. The van der Waals surface area contributed by atoms with E-state index in [4.69, 9.17) is 15.2 Å². The molecule has 0 bridgehead atoms. The second-order valence-electron chi connectivity index (χ2n) is 7.45. The lowest BCUT2D eigenvalue weighted by Crippen LogP contribution is -2.55. The maximum absolute atomic E-state index is 13.4. The van der Waals surface area contributed by atoms with E-state index in [0.29, 0.717) is 6.54 Å². The molecule has 3 N–H and O–H groups in total. The summed E-state index contributed by atoms with van der Waals surface area (Å²) in [4.78, 5) is 55.2. The van der Waals surface area contributed by atoms with Crippen LogP contribution in [0.5, 0.6) is 0 Å². The van der Waals surface area contributed by atoms with Gasteiger partial charge in [-0.25, -0.2) is 4.79 Å². The molecule has 156 valence electrons. The fourth-order valence-corrected chi connectivity index (χ4v) is 4.80. The predicted octanol–water partition coefficient (Wildman–Crippen LogP) is -1.63. The molecule has 4 aliphatic rings. The quantitative estimate of drug-likeness (QED) is 0.403. The molecule has 5 atom stereocenters. The smallest absolute Gasteiger partial charge is 0.404 e. The van der Waals surface area contributed by atoms with E-state index in [2.05, 4.69) is 15.0 Å². The van der Waals surface area contributed by atoms with Crippen LogP contribution >= 0.6 is 0 Å². The van der Waals surface area contributed by atoms with Gasteiger partial charge in [0.15, 0.2) is 11.5 Å². The Hall–Kier alpha value is -2.79. The Kier molecular flexibility index (Phi) is 4.46. The standard InChI is InChI=1S/C18H22N4O7/c1-7-12(20-4-10(23)27-2)15(25)11-8(6-29-17(19)26)18(28-3)16-9(21-16)5-22(18)13(11)14(7)24/h7-9,16,21H,4-6H2,1-3H3,(H2,19,26). The first-order valence-corrected chi connectivity index (χ1v) is 9.23. The lowest BCUT2D eigenvalue weighted by molar-refractivity contribution is -0.139. The van der Waals surface area contributed by atoms with E-state index >= 15 is 0 Å². The van der Waals surface area contributed by atoms with Crippen molar-refractivity contribution in [3.63, 3.8) is 0 Å². The zero-order valence-corrected chi connectivity index (χ0v) is 16.3. The average Bonchev–Trinajstić information content (AvgIpc) is 3.30. The Labute approximate surface area is 166 Å². The van der Waals surface area contributed by atoms with E-state index in [0.717, 1.165) is 0 Å². The molecule has 0 radical (unpaired) electrons. The summed E-state index contributed by atoms with van der Waals surface area (Å²) in [6.07, 6.45) is -0.988. The topological polar surface area (TPSA) is 160 Å². The number of esters is 1. The SMILES string of the molecule is COC(=O)CN=C1C(=O)C2=C(C(=O)C1C)N1CC3NC3C1(OC)C2COC(N)=O. The van der Waals surface area contributed by atoms with Crippen molar-refractivity contribution in [1.82, 2.24) is 10.2 Å². The zero-order valence-electron chi connectivity index (χ0n) is 16.3. The number of primary amides is 1. The number of Topliss-reactive ketones (excluding diaryl/α,β-unsaturated/α-hetero) is 2. The second kappa shape index (κ2) is 6.63. The number of carbonyl (C=O) groups is 4. The first-order valence-electron chi connectivity index (χ1n) is 9.23. The van der Waals surface area contributed by atoms with Crippen molar-refractivity contribution >= 4 is 29.3 Å². The normalized spacial score (nSPS) is 36.1. The van der Waals surface area contributed by atoms with Crippen molar-refractivity contribution in [3.05, 3.63) is 11.3 Å². The Morgan fingerprint density at radius 2 is 2.07 bits per heavy atom. The second-order valence-corrected chi connectivity index (χ2v) is 7.45. The summed E-state index contributed by atoms with van der Waals surface area (Å²) in [5.41, 5.74) is 4.55. The number of rotatable bonds is 5. The van der Waals surface area contributed by atoms with E-state index in [1.807, 2.05) is 0 Å². The maximum Gasteiger partial charge on any atom is 0.404 e. The molecule has 5 unspecified atom stereocenters. The van der Waals surface area contributed by atoms with Gasteiger partial charge < -0.3 is 30.2 Å². The summed E-state index contributed by atoms with van der Waals surface area (Å²) in [5, 5.41) is 3.28. The van der Waals surface area contributed by atoms with Gasteiger partial charge in [0.05, 0.1) is 36.4 Å². The molecule has 0 spiro atoms. The number of amides is 1.